The fourth-order valence-corrected chi connectivity index (χ4v) is 4.15. The largest absolute Gasteiger partial charge is 0.450 e. The van der Waals surface area contributed by atoms with Crippen molar-refractivity contribution in [2.45, 2.75) is 6.29 Å². The van der Waals surface area contributed by atoms with E-state index in [0.717, 1.165) is 0 Å². The third kappa shape index (κ3) is 3.52. The minimum Gasteiger partial charge on any atom is -0.450 e. The number of aryl methyl sites for hydroxylation is 1. The van der Waals surface area contributed by atoms with Gasteiger partial charge in [-0.25, -0.2) is 4.98 Å². The van der Waals surface area contributed by atoms with E-state index in [4.69, 9.17) is 38.4 Å². The van der Waals surface area contributed by atoms with Crippen LogP contribution in [-0.2, 0) is 7.05 Å². The number of anilines is 2. The van der Waals surface area contributed by atoms with Crippen LogP contribution in [0.1, 0.15) is 0 Å². The van der Waals surface area contributed by atoms with Crippen molar-refractivity contribution in [2.24, 2.45) is 12.8 Å². The molecule has 32 heavy (non-hydrogen) atoms. The Hall–Kier alpha value is -3.33. The van der Waals surface area contributed by atoms with Gasteiger partial charge in [0, 0.05) is 35.9 Å². The van der Waals surface area contributed by atoms with Crippen molar-refractivity contribution in [2.75, 3.05) is 11.9 Å². The molecule has 1 aliphatic heterocycles. The molecule has 0 saturated carbocycles. The molecule has 10 heteroatoms. The van der Waals surface area contributed by atoms with E-state index in [-0.39, 0.29) is 12.1 Å². The normalized spacial score (nSPS) is 14.7. The first-order valence-corrected chi connectivity index (χ1v) is 10.5. The number of pyridine rings is 1. The molecule has 2 aromatic carbocycles. The van der Waals surface area contributed by atoms with E-state index in [0.29, 0.717) is 55.3 Å². The summed E-state index contributed by atoms with van der Waals surface area (Å²) in [5.41, 5.74) is 7.35. The molecule has 2 aromatic heterocycles. The van der Waals surface area contributed by atoms with E-state index in [1.54, 1.807) is 49.6 Å². The van der Waals surface area contributed by atoms with Crippen LogP contribution < -0.4 is 26.1 Å². The Morgan fingerprint density at radius 1 is 1.12 bits per heavy atom. The lowest BCUT2D eigenvalue weighted by Gasteiger charge is -2.12. The molecule has 0 radical (unpaired) electrons. The zero-order chi connectivity index (χ0) is 22.4. The van der Waals surface area contributed by atoms with E-state index >= 15 is 0 Å². The molecule has 162 valence electrons. The Kier molecular flexibility index (Phi) is 5.13. The van der Waals surface area contributed by atoms with Crippen LogP contribution in [0.25, 0.3) is 22.2 Å². The summed E-state index contributed by atoms with van der Waals surface area (Å²) in [7, 11) is 1.64. The summed E-state index contributed by atoms with van der Waals surface area (Å²) in [5, 5.41) is 4.58. The van der Waals surface area contributed by atoms with E-state index in [1.807, 2.05) is 6.07 Å². The first kappa shape index (κ1) is 20.6. The highest BCUT2D eigenvalue weighted by molar-refractivity contribution is 6.39. The predicted molar refractivity (Wildman–Crippen MR) is 124 cm³/mol. The molecule has 3 heterocycles. The molecular weight excluding hydrogens is 453 g/mol. The maximum Gasteiger partial charge on any atom is 0.259 e. The standard InChI is InChI=1S/C22H17Cl2N5O3/c1-29-20-11(7-13(21(29)30)19-14(23)3-2-4-15(19)24)10-26-22(28-20)27-12-5-6-16-17(8-12)32-18(9-25)31-16/h2-8,10,18H,9,25H2,1H3,(H,26,27,28)/t18-/m1/s1. The molecule has 1 atom stereocenters. The summed E-state index contributed by atoms with van der Waals surface area (Å²) < 4.78 is 12.6. The number of ether oxygens (including phenoxy) is 2. The summed E-state index contributed by atoms with van der Waals surface area (Å²) in [4.78, 5) is 22.0. The second kappa shape index (κ2) is 7.98. The Bertz CT molecular complexity index is 1400. The second-order valence-electron chi connectivity index (χ2n) is 7.18. The number of aromatic nitrogens is 3. The average Bonchev–Trinajstić information content (AvgIpc) is 3.20. The van der Waals surface area contributed by atoms with Gasteiger partial charge in [0.05, 0.1) is 22.2 Å². The van der Waals surface area contributed by atoms with E-state index < -0.39 is 6.29 Å². The van der Waals surface area contributed by atoms with Crippen molar-refractivity contribution in [1.29, 1.82) is 0 Å². The SMILES string of the molecule is Cn1c(=O)c(-c2c(Cl)cccc2Cl)cc2cnc(Nc3ccc4c(c3)O[C@H](CN)O4)nc21. The topological polar surface area (TPSA) is 104 Å². The highest BCUT2D eigenvalue weighted by atomic mass is 35.5. The van der Waals surface area contributed by atoms with Crippen LogP contribution in [0.15, 0.2) is 53.5 Å². The zero-order valence-electron chi connectivity index (χ0n) is 16.8. The number of benzene rings is 2. The molecule has 0 aliphatic carbocycles. The van der Waals surface area contributed by atoms with Gasteiger partial charge in [-0.3, -0.25) is 9.36 Å². The predicted octanol–water partition coefficient (Wildman–Crippen LogP) is 4.10. The minimum absolute atomic E-state index is 0.251. The molecule has 1 aliphatic rings. The lowest BCUT2D eigenvalue weighted by molar-refractivity contribution is 0.0581. The smallest absolute Gasteiger partial charge is 0.259 e. The van der Waals surface area contributed by atoms with Gasteiger partial charge >= 0.3 is 0 Å². The highest BCUT2D eigenvalue weighted by Crippen LogP contribution is 2.37. The van der Waals surface area contributed by atoms with Crippen molar-refractivity contribution in [3.8, 4) is 22.6 Å². The number of halogens is 2. The third-order valence-electron chi connectivity index (χ3n) is 5.09. The van der Waals surface area contributed by atoms with E-state index in [9.17, 15) is 4.79 Å². The van der Waals surface area contributed by atoms with Gasteiger partial charge in [-0.15, -0.1) is 0 Å². The van der Waals surface area contributed by atoms with E-state index in [1.165, 1.54) is 4.57 Å². The Morgan fingerprint density at radius 2 is 1.88 bits per heavy atom. The molecule has 3 N–H and O–H groups in total. The average molecular weight is 470 g/mol. The van der Waals surface area contributed by atoms with Crippen molar-refractivity contribution in [3.05, 3.63) is 69.1 Å². The van der Waals surface area contributed by atoms with Crippen LogP contribution in [0.3, 0.4) is 0 Å². The van der Waals surface area contributed by atoms with Crippen LogP contribution in [0, 0.1) is 0 Å². The van der Waals surface area contributed by atoms with Gasteiger partial charge in [0.2, 0.25) is 5.95 Å². The fraction of sp³-hybridized carbons (Fsp3) is 0.136. The lowest BCUT2D eigenvalue weighted by Crippen LogP contribution is -2.27. The maximum absolute atomic E-state index is 13.1. The lowest BCUT2D eigenvalue weighted by atomic mass is 10.1. The Labute approximate surface area is 192 Å². The van der Waals surface area contributed by atoms with Crippen molar-refractivity contribution >= 4 is 45.9 Å². The number of nitrogens with one attached hydrogen (secondary N) is 1. The van der Waals surface area contributed by atoms with Crippen molar-refractivity contribution < 1.29 is 9.47 Å². The second-order valence-corrected chi connectivity index (χ2v) is 7.99. The summed E-state index contributed by atoms with van der Waals surface area (Å²) in [6.45, 7) is 0.251. The minimum atomic E-state index is -0.493. The summed E-state index contributed by atoms with van der Waals surface area (Å²) in [6, 6.07) is 12.2. The summed E-state index contributed by atoms with van der Waals surface area (Å²) >= 11 is 12.6. The molecule has 0 unspecified atom stereocenters. The molecule has 0 saturated heterocycles. The van der Waals surface area contributed by atoms with Crippen molar-refractivity contribution in [1.82, 2.24) is 14.5 Å². The van der Waals surface area contributed by atoms with Gasteiger partial charge in [-0.05, 0) is 30.3 Å². The van der Waals surface area contributed by atoms with Gasteiger partial charge in [0.25, 0.3) is 11.8 Å². The van der Waals surface area contributed by atoms with Crippen LogP contribution in [0.2, 0.25) is 10.0 Å². The van der Waals surface area contributed by atoms with Gasteiger partial charge in [-0.2, -0.15) is 4.98 Å². The number of rotatable bonds is 4. The summed E-state index contributed by atoms with van der Waals surface area (Å²) in [5.74, 6) is 1.53. The number of nitrogens with zero attached hydrogens (tertiary/aromatic N) is 3. The van der Waals surface area contributed by atoms with Gasteiger partial charge in [-0.1, -0.05) is 29.3 Å². The molecule has 5 rings (SSSR count). The maximum atomic E-state index is 13.1. The number of nitrogens with two attached hydrogens (primary N) is 1. The first-order valence-electron chi connectivity index (χ1n) is 9.70. The third-order valence-corrected chi connectivity index (χ3v) is 5.72. The molecule has 0 amide bonds. The Balaban J connectivity index is 1.52. The van der Waals surface area contributed by atoms with Crippen LogP contribution >= 0.6 is 23.2 Å². The number of hydrogen-bond donors (Lipinski definition) is 2. The van der Waals surface area contributed by atoms with Gasteiger partial charge in [0.1, 0.15) is 5.65 Å². The molecule has 0 bridgehead atoms. The van der Waals surface area contributed by atoms with E-state index in [2.05, 4.69) is 15.3 Å². The quantitative estimate of drug-likeness (QED) is 0.463. The van der Waals surface area contributed by atoms with Crippen LogP contribution in [0.5, 0.6) is 11.5 Å². The molecule has 0 spiro atoms. The molecule has 4 aromatic rings. The monoisotopic (exact) mass is 469 g/mol. The highest BCUT2D eigenvalue weighted by Gasteiger charge is 2.23. The summed E-state index contributed by atoms with van der Waals surface area (Å²) in [6.07, 6.45) is 1.14. The van der Waals surface area contributed by atoms with Gasteiger partial charge in [0.15, 0.2) is 11.5 Å². The Morgan fingerprint density at radius 3 is 2.62 bits per heavy atom. The first-order chi connectivity index (χ1) is 15.4. The zero-order valence-corrected chi connectivity index (χ0v) is 18.3. The molecule has 0 fully saturated rings. The van der Waals surface area contributed by atoms with Crippen LogP contribution in [0.4, 0.5) is 11.6 Å². The number of fused-ring (bicyclic) bond motifs is 2. The fourth-order valence-electron chi connectivity index (χ4n) is 3.55. The molecule has 8 nitrogen and oxygen atoms in total. The van der Waals surface area contributed by atoms with Crippen molar-refractivity contribution in [3.63, 3.8) is 0 Å². The number of hydrogen-bond acceptors (Lipinski definition) is 7. The molecular formula is C22H17Cl2N5O3. The van der Waals surface area contributed by atoms with Crippen LogP contribution in [-0.4, -0.2) is 27.4 Å². The van der Waals surface area contributed by atoms with Gasteiger partial charge < -0.3 is 20.5 Å².